The first-order valence-electron chi connectivity index (χ1n) is 10.6. The molecule has 2 aromatic carbocycles. The van der Waals surface area contributed by atoms with Gasteiger partial charge in [-0.1, -0.05) is 0 Å². The summed E-state index contributed by atoms with van der Waals surface area (Å²) < 4.78 is 16.1. The van der Waals surface area contributed by atoms with Crippen LogP contribution in [0.25, 0.3) is 0 Å². The van der Waals surface area contributed by atoms with Crippen molar-refractivity contribution in [2.75, 3.05) is 59.0 Å². The molecule has 0 saturated carbocycles. The van der Waals surface area contributed by atoms with Gasteiger partial charge in [0.1, 0.15) is 5.75 Å². The second kappa shape index (κ2) is 10.9. The topological polar surface area (TPSA) is 80.3 Å². The maximum Gasteiger partial charge on any atom is 0.234 e. The van der Waals surface area contributed by atoms with Gasteiger partial charge in [0.2, 0.25) is 5.91 Å². The minimum Gasteiger partial charge on any atom is -0.496 e. The number of hydrogen-bond acceptors (Lipinski definition) is 7. The number of ether oxygens (including phenoxy) is 3. The van der Waals surface area contributed by atoms with Crippen molar-refractivity contribution in [2.45, 2.75) is 13.5 Å². The number of amides is 1. The number of ketones is 1. The molecule has 0 aliphatic carbocycles. The van der Waals surface area contributed by atoms with E-state index in [2.05, 4.69) is 15.1 Å². The third kappa shape index (κ3) is 5.70. The van der Waals surface area contributed by atoms with Gasteiger partial charge in [0.25, 0.3) is 0 Å². The molecule has 0 atom stereocenters. The number of benzene rings is 2. The van der Waals surface area contributed by atoms with Gasteiger partial charge in [-0.3, -0.25) is 14.5 Å². The Labute approximate surface area is 189 Å². The SMILES string of the molecule is COc1cc(OC)c(OC)cc1CNC(=O)CN1CCN(c2ccc(C(C)=O)cc2)CC1. The maximum atomic E-state index is 12.5. The fourth-order valence-corrected chi connectivity index (χ4v) is 3.75. The van der Waals surface area contributed by atoms with E-state index >= 15 is 0 Å². The first-order chi connectivity index (χ1) is 15.4. The molecule has 1 aliphatic heterocycles. The smallest absolute Gasteiger partial charge is 0.234 e. The fourth-order valence-electron chi connectivity index (χ4n) is 3.75. The van der Waals surface area contributed by atoms with Crippen LogP contribution in [0.1, 0.15) is 22.8 Å². The highest BCUT2D eigenvalue weighted by Crippen LogP contribution is 2.34. The van der Waals surface area contributed by atoms with Crippen molar-refractivity contribution in [3.8, 4) is 17.2 Å². The Morgan fingerprint density at radius 1 is 0.875 bits per heavy atom. The van der Waals surface area contributed by atoms with E-state index in [1.807, 2.05) is 30.3 Å². The molecule has 0 bridgehead atoms. The molecule has 1 aliphatic rings. The van der Waals surface area contributed by atoms with Crippen molar-refractivity contribution >= 4 is 17.4 Å². The van der Waals surface area contributed by atoms with Crippen molar-refractivity contribution < 1.29 is 23.8 Å². The van der Waals surface area contributed by atoms with E-state index in [1.165, 1.54) is 0 Å². The van der Waals surface area contributed by atoms with Crippen molar-refractivity contribution in [3.63, 3.8) is 0 Å². The summed E-state index contributed by atoms with van der Waals surface area (Å²) in [4.78, 5) is 28.4. The molecule has 0 radical (unpaired) electrons. The van der Waals surface area contributed by atoms with Crippen LogP contribution in [0.2, 0.25) is 0 Å². The summed E-state index contributed by atoms with van der Waals surface area (Å²) in [5, 5.41) is 2.97. The Hall–Kier alpha value is -3.26. The van der Waals surface area contributed by atoms with Crippen molar-refractivity contribution in [1.82, 2.24) is 10.2 Å². The minimum atomic E-state index is -0.0406. The highest BCUT2D eigenvalue weighted by molar-refractivity contribution is 5.94. The zero-order chi connectivity index (χ0) is 23.1. The monoisotopic (exact) mass is 441 g/mol. The van der Waals surface area contributed by atoms with Gasteiger partial charge in [0.05, 0.1) is 27.9 Å². The highest BCUT2D eigenvalue weighted by Gasteiger charge is 2.20. The molecule has 0 unspecified atom stereocenters. The molecule has 8 nitrogen and oxygen atoms in total. The molecule has 32 heavy (non-hydrogen) atoms. The second-order valence-corrected chi connectivity index (χ2v) is 7.66. The summed E-state index contributed by atoms with van der Waals surface area (Å²) in [7, 11) is 4.73. The summed E-state index contributed by atoms with van der Waals surface area (Å²) in [6.07, 6.45) is 0. The van der Waals surface area contributed by atoms with Crippen LogP contribution >= 0.6 is 0 Å². The van der Waals surface area contributed by atoms with E-state index in [4.69, 9.17) is 14.2 Å². The number of carbonyl (C=O) groups excluding carboxylic acids is 2. The van der Waals surface area contributed by atoms with Gasteiger partial charge in [-0.05, 0) is 37.3 Å². The number of methoxy groups -OCH3 is 3. The average Bonchev–Trinajstić information content (AvgIpc) is 2.82. The predicted molar refractivity (Wildman–Crippen MR) is 123 cm³/mol. The number of nitrogens with one attached hydrogen (secondary N) is 1. The van der Waals surface area contributed by atoms with Crippen LogP contribution in [0.15, 0.2) is 36.4 Å². The first-order valence-corrected chi connectivity index (χ1v) is 10.6. The van der Waals surface area contributed by atoms with E-state index in [1.54, 1.807) is 34.3 Å². The zero-order valence-corrected chi connectivity index (χ0v) is 19.1. The summed E-state index contributed by atoms with van der Waals surface area (Å²) >= 11 is 0. The first kappa shape index (κ1) is 23.4. The Kier molecular flexibility index (Phi) is 7.94. The normalized spacial score (nSPS) is 14.1. The molecule has 1 fully saturated rings. The number of Topliss-reactive ketones (excluding diaryl/α,β-unsaturated/α-hetero) is 1. The molecule has 0 aromatic heterocycles. The third-order valence-corrected chi connectivity index (χ3v) is 5.64. The molecule has 1 heterocycles. The van der Waals surface area contributed by atoms with E-state index in [9.17, 15) is 9.59 Å². The molecule has 2 aromatic rings. The number of rotatable bonds is 9. The lowest BCUT2D eigenvalue weighted by Gasteiger charge is -2.35. The molecule has 1 saturated heterocycles. The van der Waals surface area contributed by atoms with Crippen LogP contribution in [0, 0.1) is 0 Å². The van der Waals surface area contributed by atoms with Gasteiger partial charge in [-0.15, -0.1) is 0 Å². The van der Waals surface area contributed by atoms with Crippen LogP contribution < -0.4 is 24.4 Å². The van der Waals surface area contributed by atoms with Gasteiger partial charge in [0.15, 0.2) is 17.3 Å². The van der Waals surface area contributed by atoms with Crippen LogP contribution in [-0.4, -0.2) is 70.6 Å². The van der Waals surface area contributed by atoms with Gasteiger partial charge in [0, 0.05) is 55.6 Å². The maximum absolute atomic E-state index is 12.5. The van der Waals surface area contributed by atoms with Crippen molar-refractivity contribution in [3.05, 3.63) is 47.5 Å². The van der Waals surface area contributed by atoms with E-state index in [0.717, 1.165) is 43.0 Å². The van der Waals surface area contributed by atoms with Gasteiger partial charge >= 0.3 is 0 Å². The Bertz CT molecular complexity index is 937. The lowest BCUT2D eigenvalue weighted by molar-refractivity contribution is -0.122. The molecular weight excluding hydrogens is 410 g/mol. The molecule has 1 N–H and O–H groups in total. The molecule has 8 heteroatoms. The van der Waals surface area contributed by atoms with Crippen molar-refractivity contribution in [2.24, 2.45) is 0 Å². The second-order valence-electron chi connectivity index (χ2n) is 7.66. The van der Waals surface area contributed by atoms with Crippen LogP contribution in [0.4, 0.5) is 5.69 Å². The number of nitrogens with zero attached hydrogens (tertiary/aromatic N) is 2. The van der Waals surface area contributed by atoms with Crippen LogP contribution in [-0.2, 0) is 11.3 Å². The Balaban J connectivity index is 1.50. The third-order valence-electron chi connectivity index (χ3n) is 5.64. The van der Waals surface area contributed by atoms with Crippen LogP contribution in [0.5, 0.6) is 17.2 Å². The largest absolute Gasteiger partial charge is 0.496 e. The lowest BCUT2D eigenvalue weighted by Crippen LogP contribution is -2.49. The predicted octanol–water partition coefficient (Wildman–Crippen LogP) is 2.35. The standard InChI is InChI=1S/C24H31N3O5/c1-17(28)18-5-7-20(8-6-18)27-11-9-26(10-12-27)16-24(29)25-15-19-13-22(31-3)23(32-4)14-21(19)30-2/h5-8,13-14H,9-12,15-16H2,1-4H3,(H,25,29). The summed E-state index contributed by atoms with van der Waals surface area (Å²) in [6, 6.07) is 11.3. The summed E-state index contributed by atoms with van der Waals surface area (Å²) in [5.41, 5.74) is 2.63. The quantitative estimate of drug-likeness (QED) is 0.599. The van der Waals surface area contributed by atoms with E-state index < -0.39 is 0 Å². The number of carbonyl (C=O) groups is 2. The van der Waals surface area contributed by atoms with E-state index in [-0.39, 0.29) is 11.7 Å². The van der Waals surface area contributed by atoms with Crippen LogP contribution in [0.3, 0.4) is 0 Å². The summed E-state index contributed by atoms with van der Waals surface area (Å²) in [5.74, 6) is 1.82. The zero-order valence-electron chi connectivity index (χ0n) is 19.1. The van der Waals surface area contributed by atoms with Gasteiger partial charge in [-0.2, -0.15) is 0 Å². The number of hydrogen-bond donors (Lipinski definition) is 1. The van der Waals surface area contributed by atoms with Gasteiger partial charge in [-0.25, -0.2) is 0 Å². The lowest BCUT2D eigenvalue weighted by atomic mass is 10.1. The number of piperazine rings is 1. The highest BCUT2D eigenvalue weighted by atomic mass is 16.5. The minimum absolute atomic E-state index is 0.0406. The Morgan fingerprint density at radius 2 is 1.47 bits per heavy atom. The molecule has 1 amide bonds. The van der Waals surface area contributed by atoms with Gasteiger partial charge < -0.3 is 24.4 Å². The Morgan fingerprint density at radius 3 is 2.03 bits per heavy atom. The van der Waals surface area contributed by atoms with Crippen molar-refractivity contribution in [1.29, 1.82) is 0 Å². The average molecular weight is 442 g/mol. The molecule has 3 rings (SSSR count). The molecular formula is C24H31N3O5. The molecule has 172 valence electrons. The van der Waals surface area contributed by atoms with E-state index in [0.29, 0.717) is 30.3 Å². The summed E-state index contributed by atoms with van der Waals surface area (Å²) in [6.45, 7) is 5.49. The molecule has 0 spiro atoms. The number of anilines is 1. The fraction of sp³-hybridized carbons (Fsp3) is 0.417.